The summed E-state index contributed by atoms with van der Waals surface area (Å²) in [5.74, 6) is 0.969. The Morgan fingerprint density at radius 1 is 0.860 bits per heavy atom. The molecule has 43 heavy (non-hydrogen) atoms. The van der Waals surface area contributed by atoms with Crippen molar-refractivity contribution in [1.29, 1.82) is 0 Å². The van der Waals surface area contributed by atoms with E-state index in [-0.39, 0.29) is 0 Å². The van der Waals surface area contributed by atoms with Crippen LogP contribution < -0.4 is 10.4 Å². The van der Waals surface area contributed by atoms with Gasteiger partial charge in [0.15, 0.2) is 5.65 Å². The summed E-state index contributed by atoms with van der Waals surface area (Å²) >= 11 is 0. The third-order valence-electron chi connectivity index (χ3n) is 7.21. The Bertz CT molecular complexity index is 1280. The number of ether oxygens (including phenoxy) is 1. The van der Waals surface area contributed by atoms with E-state index >= 15 is 0 Å². The van der Waals surface area contributed by atoms with Crippen LogP contribution in [0.3, 0.4) is 0 Å². The van der Waals surface area contributed by atoms with Gasteiger partial charge in [0.05, 0.1) is 6.20 Å². The fraction of sp³-hybridized carbons (Fsp3) is 0.590. The Morgan fingerprint density at radius 2 is 1.58 bits per heavy atom. The first-order valence-corrected chi connectivity index (χ1v) is 17.1. The number of allylic oxidation sites excluding steroid dienone is 2. The third kappa shape index (κ3) is 15.5. The second kappa shape index (κ2) is 23.7. The number of hydrogen-bond acceptors (Lipinski definition) is 3. The summed E-state index contributed by atoms with van der Waals surface area (Å²) in [6.45, 7) is 21.6. The number of hydrogen-bond donors (Lipinski definition) is 0. The largest absolute Gasteiger partial charge is 0.381 e. The minimum absolute atomic E-state index is 0.888. The molecule has 0 amide bonds. The number of fused-ring (bicyclic) bond motifs is 1. The van der Waals surface area contributed by atoms with Crippen molar-refractivity contribution >= 4 is 17.3 Å². The molecule has 3 aromatic rings. The van der Waals surface area contributed by atoms with Gasteiger partial charge in [-0.3, -0.25) is 0 Å². The van der Waals surface area contributed by atoms with Crippen molar-refractivity contribution in [2.75, 3.05) is 13.2 Å². The van der Waals surface area contributed by atoms with Crippen LogP contribution in [-0.2, 0) is 4.74 Å². The van der Waals surface area contributed by atoms with Gasteiger partial charge in [-0.2, -0.15) is 5.10 Å². The molecule has 1 aromatic carbocycles. The Balaban J connectivity index is 0.000000403. The highest BCUT2D eigenvalue weighted by atomic mass is 16.5. The van der Waals surface area contributed by atoms with Crippen molar-refractivity contribution in [3.05, 3.63) is 76.1 Å². The predicted octanol–water partition coefficient (Wildman–Crippen LogP) is 10.00. The first kappa shape index (κ1) is 38.3. The molecule has 0 aliphatic carbocycles. The molecule has 0 N–H and O–H groups in total. The van der Waals surface area contributed by atoms with E-state index in [0.29, 0.717) is 0 Å². The first-order valence-electron chi connectivity index (χ1n) is 17.1. The monoisotopic (exact) mass is 589 g/mol. The zero-order chi connectivity index (χ0) is 31.9. The SMILES string of the molecule is CC/C=c1\cccc\c1=C(\C=C(C)C)c1cnn2cc(C)cnc12.CCCCCC(C)CCC.CCCCCOCCC. The highest BCUT2D eigenvalue weighted by Gasteiger charge is 2.10. The van der Waals surface area contributed by atoms with E-state index in [1.54, 1.807) is 0 Å². The molecule has 0 spiro atoms. The molecule has 2 aromatic heterocycles. The number of rotatable bonds is 15. The summed E-state index contributed by atoms with van der Waals surface area (Å²) in [4.78, 5) is 4.61. The molecule has 3 rings (SSSR count). The Labute approximate surface area is 264 Å². The van der Waals surface area contributed by atoms with Crippen molar-refractivity contribution in [1.82, 2.24) is 14.6 Å². The van der Waals surface area contributed by atoms with Gasteiger partial charge in [-0.25, -0.2) is 9.50 Å². The van der Waals surface area contributed by atoms with E-state index in [9.17, 15) is 0 Å². The molecule has 0 radical (unpaired) electrons. The molecule has 4 nitrogen and oxygen atoms in total. The van der Waals surface area contributed by atoms with Crippen LogP contribution in [0.15, 0.2) is 54.5 Å². The van der Waals surface area contributed by atoms with E-state index in [1.807, 2.05) is 30.0 Å². The van der Waals surface area contributed by atoms with Crippen LogP contribution in [0.2, 0.25) is 0 Å². The second-order valence-corrected chi connectivity index (χ2v) is 12.0. The van der Waals surface area contributed by atoms with Crippen LogP contribution >= 0.6 is 0 Å². The molecule has 0 saturated carbocycles. The molecule has 2 heterocycles. The van der Waals surface area contributed by atoms with Gasteiger partial charge in [0.2, 0.25) is 0 Å². The molecular weight excluding hydrogens is 526 g/mol. The lowest BCUT2D eigenvalue weighted by atomic mass is 9.99. The van der Waals surface area contributed by atoms with E-state index in [1.165, 1.54) is 79.4 Å². The molecule has 0 aliphatic rings. The van der Waals surface area contributed by atoms with E-state index in [0.717, 1.165) is 48.7 Å². The van der Waals surface area contributed by atoms with Crippen LogP contribution in [0.5, 0.6) is 0 Å². The highest BCUT2D eigenvalue weighted by molar-refractivity contribution is 5.81. The topological polar surface area (TPSA) is 39.4 Å². The van der Waals surface area contributed by atoms with Crippen molar-refractivity contribution in [3.8, 4) is 0 Å². The smallest absolute Gasteiger partial charge is 0.162 e. The fourth-order valence-electron chi connectivity index (χ4n) is 4.97. The highest BCUT2D eigenvalue weighted by Crippen LogP contribution is 2.19. The van der Waals surface area contributed by atoms with Gasteiger partial charge in [0.1, 0.15) is 0 Å². The van der Waals surface area contributed by atoms with Crippen molar-refractivity contribution in [3.63, 3.8) is 0 Å². The Morgan fingerprint density at radius 3 is 2.23 bits per heavy atom. The number of benzene rings is 1. The number of nitrogens with zero attached hydrogens (tertiary/aromatic N) is 3. The van der Waals surface area contributed by atoms with Crippen LogP contribution in [0, 0.1) is 12.8 Å². The average Bonchev–Trinajstić information content (AvgIpc) is 3.40. The van der Waals surface area contributed by atoms with Gasteiger partial charge in [-0.15, -0.1) is 0 Å². The van der Waals surface area contributed by atoms with Crippen LogP contribution in [0.1, 0.15) is 137 Å². The van der Waals surface area contributed by atoms with Crippen molar-refractivity contribution < 1.29 is 4.74 Å². The lowest BCUT2D eigenvalue weighted by Gasteiger charge is -2.07. The zero-order valence-corrected chi connectivity index (χ0v) is 29.2. The minimum Gasteiger partial charge on any atom is -0.381 e. The van der Waals surface area contributed by atoms with Crippen LogP contribution in [0.4, 0.5) is 0 Å². The van der Waals surface area contributed by atoms with Gasteiger partial charge in [0, 0.05) is 31.2 Å². The lowest BCUT2D eigenvalue weighted by Crippen LogP contribution is -2.26. The Kier molecular flexibility index (Phi) is 21.1. The summed E-state index contributed by atoms with van der Waals surface area (Å²) in [7, 11) is 0. The quantitative estimate of drug-likeness (QED) is 0.166. The van der Waals surface area contributed by atoms with Gasteiger partial charge < -0.3 is 4.74 Å². The van der Waals surface area contributed by atoms with Crippen molar-refractivity contribution in [2.24, 2.45) is 5.92 Å². The Hall–Kier alpha value is -2.72. The van der Waals surface area contributed by atoms with E-state index in [4.69, 9.17) is 4.74 Å². The van der Waals surface area contributed by atoms with E-state index < -0.39 is 0 Å². The van der Waals surface area contributed by atoms with Crippen molar-refractivity contribution in [2.45, 2.75) is 133 Å². The predicted molar refractivity (Wildman–Crippen MR) is 189 cm³/mol. The molecule has 0 saturated heterocycles. The second-order valence-electron chi connectivity index (χ2n) is 12.0. The third-order valence-corrected chi connectivity index (χ3v) is 7.21. The fourth-order valence-corrected chi connectivity index (χ4v) is 4.97. The van der Waals surface area contributed by atoms with E-state index in [2.05, 4.69) is 102 Å². The van der Waals surface area contributed by atoms with Gasteiger partial charge >= 0.3 is 0 Å². The lowest BCUT2D eigenvalue weighted by molar-refractivity contribution is 0.131. The molecule has 0 fully saturated rings. The summed E-state index contributed by atoms with van der Waals surface area (Å²) < 4.78 is 7.14. The van der Waals surface area contributed by atoms with Gasteiger partial charge in [-0.05, 0) is 67.5 Å². The molecular formula is C39H63N3O. The maximum absolute atomic E-state index is 5.28. The first-order chi connectivity index (χ1) is 20.8. The zero-order valence-electron chi connectivity index (χ0n) is 29.2. The minimum atomic E-state index is 0.888. The summed E-state index contributed by atoms with van der Waals surface area (Å²) in [5, 5.41) is 6.97. The van der Waals surface area contributed by atoms with Gasteiger partial charge in [-0.1, -0.05) is 135 Å². The molecule has 1 atom stereocenters. The maximum atomic E-state index is 5.28. The molecule has 4 heteroatoms. The molecule has 0 aliphatic heterocycles. The molecule has 1 unspecified atom stereocenters. The molecule has 240 valence electrons. The average molecular weight is 590 g/mol. The summed E-state index contributed by atoms with van der Waals surface area (Å²) in [5.41, 5.74) is 5.47. The molecule has 0 bridgehead atoms. The normalized spacial score (nSPS) is 12.6. The number of unbranched alkanes of at least 4 members (excludes halogenated alkanes) is 4. The number of aryl methyl sites for hydroxylation is 1. The number of aromatic nitrogens is 3. The summed E-state index contributed by atoms with van der Waals surface area (Å²) in [6.07, 6.45) is 24.7. The van der Waals surface area contributed by atoms with Crippen LogP contribution in [0.25, 0.3) is 17.3 Å². The van der Waals surface area contributed by atoms with Crippen LogP contribution in [-0.4, -0.2) is 27.8 Å². The summed E-state index contributed by atoms with van der Waals surface area (Å²) in [6, 6.07) is 8.52. The maximum Gasteiger partial charge on any atom is 0.162 e. The van der Waals surface area contributed by atoms with Gasteiger partial charge in [0.25, 0.3) is 0 Å². The standard InChI is InChI=1S/C21H23N3.C10H22.C8H18O/c1-5-8-17-9-6-7-10-18(17)19(11-15(2)3)20-13-23-24-14-16(4)12-22-21(20)24;1-4-6-7-9-10(3)8-5-2;1-3-5-6-8-9-7-4-2/h6-14H,5H2,1-4H3;10H,4-9H2,1-3H3;3-8H2,1-2H3/b17-8+,19-18+;;.